The van der Waals surface area contributed by atoms with E-state index in [0.717, 1.165) is 74.4 Å². The summed E-state index contributed by atoms with van der Waals surface area (Å²) in [5.74, 6) is 0.626. The Morgan fingerprint density at radius 2 is 1.74 bits per heavy atom. The minimum atomic E-state index is -0.594. The molecule has 10 heteroatoms. The van der Waals surface area contributed by atoms with Crippen molar-refractivity contribution in [3.8, 4) is 0 Å². The number of nitrogens with one attached hydrogen (secondary N) is 3. The highest BCUT2D eigenvalue weighted by molar-refractivity contribution is 5.96. The van der Waals surface area contributed by atoms with Crippen molar-refractivity contribution in [1.82, 2.24) is 35.5 Å². The Labute approximate surface area is 280 Å². The maximum atomic E-state index is 13.8. The lowest BCUT2D eigenvalue weighted by Gasteiger charge is -2.32. The van der Waals surface area contributed by atoms with Crippen molar-refractivity contribution < 1.29 is 14.4 Å². The Kier molecular flexibility index (Phi) is 12.1. The molecule has 47 heavy (non-hydrogen) atoms. The molecule has 1 saturated heterocycles. The van der Waals surface area contributed by atoms with Crippen molar-refractivity contribution in [3.05, 3.63) is 65.6 Å². The lowest BCUT2D eigenvalue weighted by molar-refractivity contribution is -0.133. The fourth-order valence-electron chi connectivity index (χ4n) is 7.75. The van der Waals surface area contributed by atoms with Gasteiger partial charge in [-0.05, 0) is 74.5 Å². The van der Waals surface area contributed by atoms with Crippen molar-refractivity contribution in [2.75, 3.05) is 26.2 Å². The highest BCUT2D eigenvalue weighted by atomic mass is 16.2. The van der Waals surface area contributed by atoms with E-state index in [0.29, 0.717) is 31.2 Å². The van der Waals surface area contributed by atoms with Crippen LogP contribution in [0.3, 0.4) is 0 Å². The number of nitrogens with zero attached hydrogens (tertiary/aromatic N) is 4. The van der Waals surface area contributed by atoms with Crippen LogP contribution in [-0.4, -0.2) is 81.6 Å². The van der Waals surface area contributed by atoms with Crippen molar-refractivity contribution in [3.63, 3.8) is 0 Å². The molecule has 3 aliphatic rings. The van der Waals surface area contributed by atoms with Crippen molar-refractivity contribution >= 4 is 17.7 Å². The number of hydrogen-bond donors (Lipinski definition) is 3. The summed E-state index contributed by atoms with van der Waals surface area (Å²) in [7, 11) is 1.72. The summed E-state index contributed by atoms with van der Waals surface area (Å²) in [6.07, 6.45) is 12.0. The number of rotatable bonds is 16. The monoisotopic (exact) mass is 645 g/mol. The Hall–Kier alpha value is -3.66. The maximum absolute atomic E-state index is 13.8. The van der Waals surface area contributed by atoms with Gasteiger partial charge in [-0.25, -0.2) is 0 Å². The number of benzene rings is 1. The molecule has 3 fully saturated rings. The average Bonchev–Trinajstić information content (AvgIpc) is 3.84. The smallest absolute Gasteiger partial charge is 0.270 e. The van der Waals surface area contributed by atoms with Crippen LogP contribution in [0.5, 0.6) is 0 Å². The van der Waals surface area contributed by atoms with E-state index in [1.807, 2.05) is 36.1 Å². The van der Waals surface area contributed by atoms with Gasteiger partial charge >= 0.3 is 0 Å². The number of hydrogen-bond acceptors (Lipinski definition) is 6. The first-order valence-electron chi connectivity index (χ1n) is 17.9. The first-order chi connectivity index (χ1) is 22.7. The van der Waals surface area contributed by atoms with E-state index in [1.165, 1.54) is 30.5 Å². The number of amides is 3. The number of fused-ring (bicyclic) bond motifs is 2. The van der Waals surface area contributed by atoms with Gasteiger partial charge in [0.05, 0.1) is 0 Å². The van der Waals surface area contributed by atoms with Crippen LogP contribution in [0.15, 0.2) is 48.8 Å². The number of likely N-dealkylation sites (N-methyl/N-ethyl adjacent to an activating group) is 1. The third-order valence-electron chi connectivity index (χ3n) is 10.6. The van der Waals surface area contributed by atoms with Crippen LogP contribution < -0.4 is 16.0 Å². The first kappa shape index (κ1) is 34.7. The number of likely N-dealkylation sites (tertiary alicyclic amines) is 1. The van der Waals surface area contributed by atoms with Gasteiger partial charge in [-0.3, -0.25) is 24.0 Å². The molecule has 2 aromatic rings. The Morgan fingerprint density at radius 1 is 1.00 bits per heavy atom. The van der Waals surface area contributed by atoms with Gasteiger partial charge in [-0.2, -0.15) is 5.10 Å². The number of piperidine rings is 1. The Bertz CT molecular complexity index is 1370. The van der Waals surface area contributed by atoms with Gasteiger partial charge in [0.2, 0.25) is 11.8 Å². The number of aromatic nitrogens is 2. The molecular weight excluding hydrogens is 590 g/mol. The van der Waals surface area contributed by atoms with Crippen molar-refractivity contribution in [2.24, 2.45) is 18.9 Å². The first-order valence-corrected chi connectivity index (χ1v) is 17.9. The second-order valence-electron chi connectivity index (χ2n) is 13.8. The SMILES string of the molecule is C=C(CC)NC(Cc1ccc(CNC(=O)C(NC(=O)c2ccnn2C)C2CCCCC2)cc1)C(=O)N(CC)CCN1CC2CCC1C2. The van der Waals surface area contributed by atoms with Crippen LogP contribution >= 0.6 is 0 Å². The lowest BCUT2D eigenvalue weighted by atomic mass is 9.83. The molecule has 4 unspecified atom stereocenters. The zero-order chi connectivity index (χ0) is 33.3. The summed E-state index contributed by atoms with van der Waals surface area (Å²) in [6.45, 7) is 12.2. The van der Waals surface area contributed by atoms with Gasteiger partial charge in [-0.15, -0.1) is 0 Å². The topological polar surface area (TPSA) is 112 Å². The number of carbonyl (C=O) groups excluding carboxylic acids is 3. The van der Waals surface area contributed by atoms with E-state index < -0.39 is 6.04 Å². The molecule has 2 aliphatic carbocycles. The molecule has 1 aromatic carbocycles. The third kappa shape index (κ3) is 9.03. The maximum Gasteiger partial charge on any atom is 0.270 e. The molecular formula is C37H55N7O3. The van der Waals surface area contributed by atoms with Gasteiger partial charge < -0.3 is 20.9 Å². The van der Waals surface area contributed by atoms with Crippen LogP contribution in [0, 0.1) is 11.8 Å². The van der Waals surface area contributed by atoms with Crippen LogP contribution in [0.25, 0.3) is 0 Å². The standard InChI is InChI=1S/C37H55N7O3/c1-5-26(3)40-32(37(47)43(6-2)20-21-44-25-29-16-17-31(44)22-29)23-27-12-14-28(15-13-27)24-38-36(46)34(30-10-8-7-9-11-30)41-35(45)33-18-19-39-42(33)4/h12-15,18-19,29-32,34,40H,3,5-11,16-17,20-25H2,1-2,4H3,(H,38,46)(H,41,45). The fourth-order valence-corrected chi connectivity index (χ4v) is 7.75. The predicted molar refractivity (Wildman–Crippen MR) is 184 cm³/mol. The van der Waals surface area contributed by atoms with Crippen LogP contribution in [0.2, 0.25) is 0 Å². The molecule has 2 saturated carbocycles. The van der Waals surface area contributed by atoms with Crippen molar-refractivity contribution in [1.29, 1.82) is 0 Å². The summed E-state index contributed by atoms with van der Waals surface area (Å²) >= 11 is 0. The molecule has 5 rings (SSSR count). The minimum Gasteiger partial charge on any atom is -0.377 e. The minimum absolute atomic E-state index is 0.108. The molecule has 10 nitrogen and oxygen atoms in total. The second-order valence-corrected chi connectivity index (χ2v) is 13.8. The molecule has 256 valence electrons. The number of allylic oxidation sites excluding steroid dienone is 1. The van der Waals surface area contributed by atoms with Gasteiger partial charge in [0.15, 0.2) is 0 Å². The molecule has 1 aliphatic heterocycles. The summed E-state index contributed by atoms with van der Waals surface area (Å²) in [5, 5.41) is 13.6. The average molecular weight is 646 g/mol. The van der Waals surface area contributed by atoms with Crippen LogP contribution in [-0.2, 0) is 29.6 Å². The summed E-state index contributed by atoms with van der Waals surface area (Å²) in [4.78, 5) is 44.9. The molecule has 2 heterocycles. The van der Waals surface area contributed by atoms with E-state index in [4.69, 9.17) is 0 Å². The number of carbonyl (C=O) groups is 3. The van der Waals surface area contributed by atoms with Gasteiger partial charge in [-0.1, -0.05) is 57.0 Å². The van der Waals surface area contributed by atoms with E-state index in [2.05, 4.69) is 39.5 Å². The van der Waals surface area contributed by atoms with E-state index >= 15 is 0 Å². The van der Waals surface area contributed by atoms with Gasteiger partial charge in [0.25, 0.3) is 5.91 Å². The highest BCUT2D eigenvalue weighted by Gasteiger charge is 2.38. The lowest BCUT2D eigenvalue weighted by Crippen LogP contribution is -2.51. The Balaban J connectivity index is 1.18. The number of aryl methyl sites for hydroxylation is 1. The zero-order valence-corrected chi connectivity index (χ0v) is 28.7. The van der Waals surface area contributed by atoms with E-state index in [9.17, 15) is 14.4 Å². The van der Waals surface area contributed by atoms with Crippen molar-refractivity contribution in [2.45, 2.75) is 103 Å². The molecule has 3 N–H and O–H groups in total. The summed E-state index contributed by atoms with van der Waals surface area (Å²) in [5.41, 5.74) is 3.31. The molecule has 2 bridgehead atoms. The second kappa shape index (κ2) is 16.4. The fraction of sp³-hybridized carbons (Fsp3) is 0.622. The molecule has 0 spiro atoms. The Morgan fingerprint density at radius 3 is 2.36 bits per heavy atom. The van der Waals surface area contributed by atoms with Gasteiger partial charge in [0.1, 0.15) is 17.8 Å². The van der Waals surface area contributed by atoms with Crippen LogP contribution in [0.1, 0.15) is 93.3 Å². The van der Waals surface area contributed by atoms with E-state index in [-0.39, 0.29) is 29.7 Å². The third-order valence-corrected chi connectivity index (χ3v) is 10.6. The summed E-state index contributed by atoms with van der Waals surface area (Å²) < 4.78 is 1.52. The van der Waals surface area contributed by atoms with Crippen LogP contribution in [0.4, 0.5) is 0 Å². The molecule has 3 amide bonds. The van der Waals surface area contributed by atoms with Gasteiger partial charge in [0, 0.05) is 64.1 Å². The normalized spacial score (nSPS) is 20.8. The van der Waals surface area contributed by atoms with E-state index in [1.54, 1.807) is 19.3 Å². The molecule has 4 atom stereocenters. The molecule has 0 radical (unpaired) electrons. The predicted octanol–water partition coefficient (Wildman–Crippen LogP) is 4.17. The quantitative estimate of drug-likeness (QED) is 0.253. The summed E-state index contributed by atoms with van der Waals surface area (Å²) in [6, 6.07) is 9.48. The zero-order valence-electron chi connectivity index (χ0n) is 28.7. The largest absolute Gasteiger partial charge is 0.377 e. The molecule has 1 aromatic heterocycles. The highest BCUT2D eigenvalue weighted by Crippen LogP contribution is 2.37.